The van der Waals surface area contributed by atoms with Crippen molar-refractivity contribution in [2.75, 3.05) is 0 Å². The molecule has 0 aliphatic carbocycles. The van der Waals surface area contributed by atoms with Crippen molar-refractivity contribution in [1.82, 2.24) is 4.98 Å². The summed E-state index contributed by atoms with van der Waals surface area (Å²) in [5, 5.41) is 0.445. The van der Waals surface area contributed by atoms with Gasteiger partial charge >= 0.3 is 6.36 Å². The largest absolute Gasteiger partial charge is 0.573 e. The van der Waals surface area contributed by atoms with Gasteiger partial charge in [0.1, 0.15) is 11.4 Å². The first-order valence-electron chi connectivity index (χ1n) is 4.96. The highest BCUT2D eigenvalue weighted by Gasteiger charge is 2.31. The monoisotopic (exact) mass is 399 g/mol. The van der Waals surface area contributed by atoms with Gasteiger partial charge in [-0.05, 0) is 40.2 Å². The predicted octanol–water partition coefficient (Wildman–Crippen LogP) is 4.90. The average molecular weight is 401 g/mol. The highest BCUT2D eigenvalue weighted by molar-refractivity contribution is 9.10. The number of hydrogen-bond acceptors (Lipinski definition) is 3. The number of rotatable bonds is 3. The molecule has 8 heteroatoms. The summed E-state index contributed by atoms with van der Waals surface area (Å²) >= 11 is 6.40. The van der Waals surface area contributed by atoms with Crippen LogP contribution in [0.5, 0.6) is 5.75 Å². The summed E-state index contributed by atoms with van der Waals surface area (Å²) in [6.45, 7) is 0. The molecule has 0 saturated heterocycles. The van der Waals surface area contributed by atoms with Gasteiger partial charge in [0, 0.05) is 5.56 Å². The lowest BCUT2D eigenvalue weighted by molar-refractivity contribution is -0.274. The number of nitrogens with zero attached hydrogens (tertiary/aromatic N) is 1. The maximum atomic E-state index is 12.0. The van der Waals surface area contributed by atoms with Crippen molar-refractivity contribution in [3.8, 4) is 17.0 Å². The molecule has 2 rings (SSSR count). The van der Waals surface area contributed by atoms with Gasteiger partial charge in [0.25, 0.3) is 0 Å². The van der Waals surface area contributed by atoms with Crippen molar-refractivity contribution >= 4 is 31.9 Å². The van der Waals surface area contributed by atoms with E-state index in [2.05, 4.69) is 41.6 Å². The van der Waals surface area contributed by atoms with Crippen LogP contribution in [0.4, 0.5) is 13.2 Å². The Hall–Kier alpha value is -1.02. The zero-order valence-electron chi connectivity index (χ0n) is 9.17. The van der Waals surface area contributed by atoms with E-state index >= 15 is 0 Å². The standard InChI is InChI=1S/C11H6Br2F3NO2/c12-5-8-17-9(10(13)18-8)6-1-3-7(4-2-6)19-11(14,15)16/h1-4H,5H2. The van der Waals surface area contributed by atoms with Crippen LogP contribution in [0.15, 0.2) is 33.4 Å². The third-order valence-electron chi connectivity index (χ3n) is 2.11. The van der Waals surface area contributed by atoms with Gasteiger partial charge in [-0.1, -0.05) is 15.9 Å². The molecule has 1 aromatic heterocycles. The van der Waals surface area contributed by atoms with E-state index in [0.717, 1.165) is 0 Å². The summed E-state index contributed by atoms with van der Waals surface area (Å²) in [6.07, 6.45) is -4.70. The molecule has 0 saturated carbocycles. The highest BCUT2D eigenvalue weighted by Crippen LogP contribution is 2.31. The van der Waals surface area contributed by atoms with Crippen LogP contribution < -0.4 is 4.74 Å². The summed E-state index contributed by atoms with van der Waals surface area (Å²) in [4.78, 5) is 4.18. The first kappa shape index (κ1) is 14.4. The molecule has 0 radical (unpaired) electrons. The molecule has 3 nitrogen and oxygen atoms in total. The van der Waals surface area contributed by atoms with E-state index in [1.807, 2.05) is 0 Å². The molecule has 102 valence electrons. The SMILES string of the molecule is FC(F)(F)Oc1ccc(-c2nc(CBr)oc2Br)cc1. The van der Waals surface area contributed by atoms with Crippen molar-refractivity contribution in [3.05, 3.63) is 34.8 Å². The molecule has 0 atom stereocenters. The van der Waals surface area contributed by atoms with Crippen molar-refractivity contribution in [2.24, 2.45) is 0 Å². The van der Waals surface area contributed by atoms with Crippen LogP contribution in [-0.4, -0.2) is 11.3 Å². The average Bonchev–Trinajstić information content (AvgIpc) is 2.70. The maximum absolute atomic E-state index is 12.0. The summed E-state index contributed by atoms with van der Waals surface area (Å²) in [7, 11) is 0. The van der Waals surface area contributed by atoms with E-state index in [-0.39, 0.29) is 5.75 Å². The van der Waals surface area contributed by atoms with E-state index in [1.54, 1.807) is 0 Å². The number of alkyl halides is 4. The molecule has 0 aliphatic rings. The van der Waals surface area contributed by atoms with Crippen molar-refractivity contribution in [1.29, 1.82) is 0 Å². The fourth-order valence-corrected chi connectivity index (χ4v) is 2.14. The molecule has 0 unspecified atom stereocenters. The fourth-order valence-electron chi connectivity index (χ4n) is 1.39. The van der Waals surface area contributed by atoms with Crippen molar-refractivity contribution < 1.29 is 22.3 Å². The first-order valence-corrected chi connectivity index (χ1v) is 6.88. The second-order valence-corrected chi connectivity index (χ2v) is 4.72. The summed E-state index contributed by atoms with van der Waals surface area (Å²) in [5.41, 5.74) is 1.14. The van der Waals surface area contributed by atoms with Crippen LogP contribution in [0.1, 0.15) is 5.89 Å². The van der Waals surface area contributed by atoms with Gasteiger partial charge in [0.05, 0.1) is 5.33 Å². The zero-order valence-corrected chi connectivity index (χ0v) is 12.3. The van der Waals surface area contributed by atoms with Crippen LogP contribution in [-0.2, 0) is 5.33 Å². The molecule has 1 heterocycles. The van der Waals surface area contributed by atoms with Crippen LogP contribution >= 0.6 is 31.9 Å². The second kappa shape index (κ2) is 5.54. The van der Waals surface area contributed by atoms with Crippen molar-refractivity contribution in [2.45, 2.75) is 11.7 Å². The lowest BCUT2D eigenvalue weighted by Gasteiger charge is -2.08. The third-order valence-corrected chi connectivity index (χ3v) is 3.12. The molecule has 0 N–H and O–H groups in total. The lowest BCUT2D eigenvalue weighted by Crippen LogP contribution is -2.16. The second-order valence-electron chi connectivity index (χ2n) is 3.44. The molecule has 0 bridgehead atoms. The zero-order chi connectivity index (χ0) is 14.0. The van der Waals surface area contributed by atoms with Crippen LogP contribution in [0.2, 0.25) is 0 Å². The Kier molecular flexibility index (Phi) is 4.19. The first-order chi connectivity index (χ1) is 8.89. The summed E-state index contributed by atoms with van der Waals surface area (Å²) < 4.78 is 45.5. The molecule has 0 aliphatic heterocycles. The Morgan fingerprint density at radius 2 is 1.84 bits per heavy atom. The summed E-state index contributed by atoms with van der Waals surface area (Å²) in [5.74, 6) is 0.189. The molecule has 0 fully saturated rings. The van der Waals surface area contributed by atoms with E-state index in [9.17, 15) is 13.2 Å². The number of oxazole rings is 1. The van der Waals surface area contributed by atoms with Gasteiger partial charge in [0.15, 0.2) is 4.67 Å². The van der Waals surface area contributed by atoms with Gasteiger partial charge in [-0.2, -0.15) is 0 Å². The van der Waals surface area contributed by atoms with Crippen LogP contribution in [0.25, 0.3) is 11.3 Å². The minimum absolute atomic E-state index is 0.281. The number of hydrogen-bond donors (Lipinski definition) is 0. The Bertz CT molecular complexity index is 566. The molecule has 0 amide bonds. The van der Waals surface area contributed by atoms with E-state index in [4.69, 9.17) is 4.42 Å². The Morgan fingerprint density at radius 3 is 2.32 bits per heavy atom. The summed E-state index contributed by atoms with van der Waals surface area (Å²) in [6, 6.07) is 5.39. The molecule has 2 aromatic rings. The smallest absolute Gasteiger partial charge is 0.432 e. The predicted molar refractivity (Wildman–Crippen MR) is 69.0 cm³/mol. The van der Waals surface area contributed by atoms with Crippen LogP contribution in [0, 0.1) is 0 Å². The third kappa shape index (κ3) is 3.73. The Morgan fingerprint density at radius 1 is 1.21 bits per heavy atom. The van der Waals surface area contributed by atoms with E-state index in [1.165, 1.54) is 24.3 Å². The molecule has 1 aromatic carbocycles. The van der Waals surface area contributed by atoms with Gasteiger partial charge < -0.3 is 9.15 Å². The number of ether oxygens (including phenoxy) is 1. The van der Waals surface area contributed by atoms with Crippen LogP contribution in [0.3, 0.4) is 0 Å². The molecular weight excluding hydrogens is 395 g/mol. The molecular formula is C11H6Br2F3NO2. The Labute approximate surface area is 123 Å². The number of benzene rings is 1. The molecule has 19 heavy (non-hydrogen) atoms. The molecule has 0 spiro atoms. The van der Waals surface area contributed by atoms with E-state index < -0.39 is 6.36 Å². The Balaban J connectivity index is 2.24. The van der Waals surface area contributed by atoms with Gasteiger partial charge in [-0.25, -0.2) is 4.98 Å². The normalized spacial score (nSPS) is 11.6. The van der Waals surface area contributed by atoms with Gasteiger partial charge in [-0.15, -0.1) is 13.2 Å². The topological polar surface area (TPSA) is 35.3 Å². The lowest BCUT2D eigenvalue weighted by atomic mass is 10.2. The maximum Gasteiger partial charge on any atom is 0.573 e. The highest BCUT2D eigenvalue weighted by atomic mass is 79.9. The fraction of sp³-hybridized carbons (Fsp3) is 0.182. The van der Waals surface area contributed by atoms with E-state index in [0.29, 0.717) is 27.1 Å². The number of aromatic nitrogens is 1. The van der Waals surface area contributed by atoms with Crippen molar-refractivity contribution in [3.63, 3.8) is 0 Å². The minimum Gasteiger partial charge on any atom is -0.432 e. The quantitative estimate of drug-likeness (QED) is 0.687. The van der Waals surface area contributed by atoms with Gasteiger partial charge in [0.2, 0.25) is 5.89 Å². The van der Waals surface area contributed by atoms with Gasteiger partial charge in [-0.3, -0.25) is 0 Å². The number of halogens is 5. The minimum atomic E-state index is -4.70.